The molecular formula is C20H22FN5O3. The van der Waals surface area contributed by atoms with Crippen molar-refractivity contribution in [2.24, 2.45) is 7.05 Å². The molecule has 9 heteroatoms. The van der Waals surface area contributed by atoms with Gasteiger partial charge in [0.05, 0.1) is 10.9 Å². The maximum Gasteiger partial charge on any atom is 0.258 e. The number of carbonyl (C=O) groups excluding carboxylic acids is 2. The summed E-state index contributed by atoms with van der Waals surface area (Å²) in [6, 6.07) is 7.63. The monoisotopic (exact) mass is 399 g/mol. The largest absolute Gasteiger partial charge is 0.466 e. The first-order valence-corrected chi connectivity index (χ1v) is 9.10. The van der Waals surface area contributed by atoms with E-state index in [-0.39, 0.29) is 31.2 Å². The second kappa shape index (κ2) is 8.68. The van der Waals surface area contributed by atoms with Gasteiger partial charge in [-0.3, -0.25) is 9.59 Å². The average molecular weight is 399 g/mol. The molecule has 3 aromatic rings. The number of ether oxygens (including phenoxy) is 1. The zero-order valence-electron chi connectivity index (χ0n) is 16.5. The maximum atomic E-state index is 13.5. The predicted octanol–water partition coefficient (Wildman–Crippen LogP) is 1.65. The van der Waals surface area contributed by atoms with Gasteiger partial charge in [-0.1, -0.05) is 12.1 Å². The highest BCUT2D eigenvalue weighted by atomic mass is 19.1. The topological polar surface area (TPSA) is 98.1 Å². The molecule has 152 valence electrons. The van der Waals surface area contributed by atoms with Gasteiger partial charge in [0.1, 0.15) is 5.82 Å². The number of halogens is 1. The summed E-state index contributed by atoms with van der Waals surface area (Å²) in [6.45, 7) is 3.96. The van der Waals surface area contributed by atoms with Crippen LogP contribution in [-0.2, 0) is 11.8 Å². The minimum Gasteiger partial charge on any atom is -0.466 e. The third-order valence-electron chi connectivity index (χ3n) is 4.28. The second-order valence-corrected chi connectivity index (χ2v) is 6.58. The molecule has 2 aromatic heterocycles. The van der Waals surface area contributed by atoms with Crippen LogP contribution >= 0.6 is 0 Å². The average Bonchev–Trinajstić information content (AvgIpc) is 2.99. The number of benzene rings is 1. The third-order valence-corrected chi connectivity index (χ3v) is 4.28. The van der Waals surface area contributed by atoms with Gasteiger partial charge in [-0.2, -0.15) is 0 Å². The molecule has 0 bridgehead atoms. The molecule has 8 nitrogen and oxygen atoms in total. The van der Waals surface area contributed by atoms with E-state index in [2.05, 4.69) is 20.7 Å². The summed E-state index contributed by atoms with van der Waals surface area (Å²) in [5.74, 6) is -1.14. The highest BCUT2D eigenvalue weighted by Crippen LogP contribution is 2.26. The number of hydrogen-bond acceptors (Lipinski definition) is 5. The van der Waals surface area contributed by atoms with E-state index in [1.165, 1.54) is 18.2 Å². The van der Waals surface area contributed by atoms with Crippen LogP contribution in [0.3, 0.4) is 0 Å². The highest BCUT2D eigenvalue weighted by Gasteiger charge is 2.15. The highest BCUT2D eigenvalue weighted by molar-refractivity contribution is 5.94. The summed E-state index contributed by atoms with van der Waals surface area (Å²) >= 11 is 0. The molecule has 0 fully saturated rings. The lowest BCUT2D eigenvalue weighted by atomic mass is 10.2. The van der Waals surface area contributed by atoms with Crippen molar-refractivity contribution in [3.63, 3.8) is 0 Å². The number of nitrogens with one attached hydrogen (secondary N) is 2. The number of fused-ring (bicyclic) bond motifs is 1. The predicted molar refractivity (Wildman–Crippen MR) is 105 cm³/mol. The number of nitrogens with zero attached hydrogens (tertiary/aromatic N) is 3. The zero-order valence-corrected chi connectivity index (χ0v) is 16.5. The number of hydrogen-bond donors (Lipinski definition) is 2. The molecule has 0 atom stereocenters. The molecule has 29 heavy (non-hydrogen) atoms. The number of amides is 2. The molecule has 2 amide bonds. The van der Waals surface area contributed by atoms with Crippen molar-refractivity contribution in [3.05, 3.63) is 53.0 Å². The molecule has 0 saturated heterocycles. The van der Waals surface area contributed by atoms with Crippen molar-refractivity contribution in [3.8, 4) is 5.88 Å². The van der Waals surface area contributed by atoms with Crippen molar-refractivity contribution >= 4 is 22.8 Å². The van der Waals surface area contributed by atoms with Crippen LogP contribution in [0.25, 0.3) is 11.0 Å². The summed E-state index contributed by atoms with van der Waals surface area (Å²) in [5, 5.41) is 10.2. The van der Waals surface area contributed by atoms with Gasteiger partial charge in [-0.25, -0.2) is 14.1 Å². The summed E-state index contributed by atoms with van der Waals surface area (Å²) in [5.41, 5.74) is 2.49. The van der Waals surface area contributed by atoms with Crippen LogP contribution in [0.5, 0.6) is 5.88 Å². The first-order valence-electron chi connectivity index (χ1n) is 9.10. The minimum absolute atomic E-state index is 0.0385. The lowest BCUT2D eigenvalue weighted by Gasteiger charge is -2.08. The number of aromatic nitrogens is 3. The Hall–Kier alpha value is -3.49. The second-order valence-electron chi connectivity index (χ2n) is 6.58. The molecule has 0 spiro atoms. The van der Waals surface area contributed by atoms with Gasteiger partial charge in [0.25, 0.3) is 11.8 Å². The van der Waals surface area contributed by atoms with Gasteiger partial charge in [0.15, 0.2) is 12.3 Å². The van der Waals surface area contributed by atoms with E-state index < -0.39 is 11.7 Å². The summed E-state index contributed by atoms with van der Waals surface area (Å²) in [6.07, 6.45) is 0. The maximum absolute atomic E-state index is 13.5. The van der Waals surface area contributed by atoms with Crippen LogP contribution in [0.2, 0.25) is 0 Å². The Morgan fingerprint density at radius 2 is 1.90 bits per heavy atom. The lowest BCUT2D eigenvalue weighted by molar-refractivity contribution is -0.123. The molecule has 0 saturated carbocycles. The zero-order chi connectivity index (χ0) is 21.0. The fourth-order valence-corrected chi connectivity index (χ4v) is 2.95. The van der Waals surface area contributed by atoms with Gasteiger partial charge >= 0.3 is 0 Å². The van der Waals surface area contributed by atoms with Gasteiger partial charge in [0, 0.05) is 25.8 Å². The Kier molecular flexibility index (Phi) is 6.06. The molecule has 0 aliphatic heterocycles. The Balaban J connectivity index is 1.48. The first kappa shape index (κ1) is 20.2. The molecule has 0 aliphatic carbocycles. The van der Waals surface area contributed by atoms with E-state index >= 15 is 0 Å². The van der Waals surface area contributed by atoms with Gasteiger partial charge in [-0.15, -0.1) is 5.10 Å². The Labute approximate surface area is 167 Å². The van der Waals surface area contributed by atoms with E-state index in [0.717, 1.165) is 16.6 Å². The molecule has 2 N–H and O–H groups in total. The summed E-state index contributed by atoms with van der Waals surface area (Å²) in [4.78, 5) is 28.4. The van der Waals surface area contributed by atoms with Crippen molar-refractivity contribution in [2.75, 3.05) is 19.7 Å². The normalized spacial score (nSPS) is 10.8. The summed E-state index contributed by atoms with van der Waals surface area (Å²) in [7, 11) is 1.76. The molecule has 3 rings (SSSR count). The van der Waals surface area contributed by atoms with Crippen molar-refractivity contribution in [1.82, 2.24) is 25.4 Å². The number of pyridine rings is 1. The van der Waals surface area contributed by atoms with Crippen LogP contribution in [0, 0.1) is 19.7 Å². The number of carbonyl (C=O) groups is 2. The Morgan fingerprint density at radius 3 is 2.66 bits per heavy atom. The van der Waals surface area contributed by atoms with E-state index in [1.807, 2.05) is 19.9 Å². The fraction of sp³-hybridized carbons (Fsp3) is 0.300. The van der Waals surface area contributed by atoms with Crippen LogP contribution < -0.4 is 15.4 Å². The van der Waals surface area contributed by atoms with Crippen LogP contribution in [-0.4, -0.2) is 46.3 Å². The van der Waals surface area contributed by atoms with Crippen LogP contribution in [0.1, 0.15) is 21.6 Å². The van der Waals surface area contributed by atoms with Gasteiger partial charge in [-0.05, 0) is 37.6 Å². The van der Waals surface area contributed by atoms with Crippen molar-refractivity contribution in [1.29, 1.82) is 0 Å². The molecule has 1 aromatic carbocycles. The fourth-order valence-electron chi connectivity index (χ4n) is 2.95. The molecule has 0 unspecified atom stereocenters. The number of aryl methyl sites for hydroxylation is 3. The molecule has 0 aliphatic rings. The Morgan fingerprint density at radius 1 is 1.17 bits per heavy atom. The SMILES string of the molecule is Cc1cc(C)c2c(OCC(=O)NCCNC(=O)c3ccccc3F)nn(C)c2n1. The lowest BCUT2D eigenvalue weighted by Crippen LogP contribution is -2.37. The van der Waals surface area contributed by atoms with E-state index in [0.29, 0.717) is 11.5 Å². The van der Waals surface area contributed by atoms with Gasteiger partial charge < -0.3 is 15.4 Å². The molecule has 2 heterocycles. The van der Waals surface area contributed by atoms with Gasteiger partial charge in [0.2, 0.25) is 5.88 Å². The van der Waals surface area contributed by atoms with E-state index in [9.17, 15) is 14.0 Å². The third kappa shape index (κ3) is 4.68. The Bertz CT molecular complexity index is 1060. The number of rotatable bonds is 7. The van der Waals surface area contributed by atoms with Crippen LogP contribution in [0.15, 0.2) is 30.3 Å². The van der Waals surface area contributed by atoms with E-state index in [1.54, 1.807) is 17.8 Å². The minimum atomic E-state index is -0.593. The molecule has 0 radical (unpaired) electrons. The molecular weight excluding hydrogens is 377 g/mol. The van der Waals surface area contributed by atoms with Crippen molar-refractivity contribution < 1.29 is 18.7 Å². The van der Waals surface area contributed by atoms with Crippen molar-refractivity contribution in [2.45, 2.75) is 13.8 Å². The standard InChI is InChI=1S/C20H22FN5O3/c1-12-10-13(2)24-18-17(12)20(25-26(18)3)29-11-16(27)22-8-9-23-19(28)14-6-4-5-7-15(14)21/h4-7,10H,8-9,11H2,1-3H3,(H,22,27)(H,23,28). The summed E-state index contributed by atoms with van der Waals surface area (Å²) < 4.78 is 20.7. The quantitative estimate of drug-likeness (QED) is 0.589. The first-order chi connectivity index (χ1) is 13.9. The van der Waals surface area contributed by atoms with Crippen LogP contribution in [0.4, 0.5) is 4.39 Å². The smallest absolute Gasteiger partial charge is 0.258 e. The van der Waals surface area contributed by atoms with E-state index in [4.69, 9.17) is 4.74 Å².